The molecular formula is C20H33NO3. The molecule has 1 aromatic carbocycles. The standard InChI is InChI=1S/C20H33NO3/c1-15(2)24-14-19(22)12-21(13-20-6-5-9-23-20)11-18-8-7-16(3)10-17(18)4/h7-8,10,15,19-20,22H,5-6,9,11-14H2,1-4H3/t19-,20+/m1/s1. The summed E-state index contributed by atoms with van der Waals surface area (Å²) in [5.74, 6) is 0. The van der Waals surface area contributed by atoms with Gasteiger partial charge in [0, 0.05) is 26.2 Å². The summed E-state index contributed by atoms with van der Waals surface area (Å²) in [7, 11) is 0. The maximum atomic E-state index is 10.3. The molecule has 4 nitrogen and oxygen atoms in total. The van der Waals surface area contributed by atoms with Crippen molar-refractivity contribution >= 4 is 0 Å². The van der Waals surface area contributed by atoms with Gasteiger partial charge >= 0.3 is 0 Å². The van der Waals surface area contributed by atoms with Gasteiger partial charge in [0.25, 0.3) is 0 Å². The second kappa shape index (κ2) is 9.52. The van der Waals surface area contributed by atoms with Crippen molar-refractivity contribution < 1.29 is 14.6 Å². The highest BCUT2D eigenvalue weighted by Crippen LogP contribution is 2.18. The zero-order valence-electron chi connectivity index (χ0n) is 15.6. The van der Waals surface area contributed by atoms with E-state index in [2.05, 4.69) is 36.9 Å². The lowest BCUT2D eigenvalue weighted by molar-refractivity contribution is -0.0172. The third-order valence-corrected chi connectivity index (χ3v) is 4.47. The molecule has 24 heavy (non-hydrogen) atoms. The van der Waals surface area contributed by atoms with E-state index in [9.17, 15) is 5.11 Å². The van der Waals surface area contributed by atoms with Gasteiger partial charge in [-0.15, -0.1) is 0 Å². The van der Waals surface area contributed by atoms with Gasteiger partial charge in [-0.05, 0) is 51.7 Å². The van der Waals surface area contributed by atoms with Crippen molar-refractivity contribution in [3.05, 3.63) is 34.9 Å². The summed E-state index contributed by atoms with van der Waals surface area (Å²) in [6.45, 7) is 11.8. The van der Waals surface area contributed by atoms with Crippen LogP contribution in [0.3, 0.4) is 0 Å². The Hall–Kier alpha value is -0.940. The molecular weight excluding hydrogens is 302 g/mol. The molecule has 1 N–H and O–H groups in total. The van der Waals surface area contributed by atoms with Crippen LogP contribution >= 0.6 is 0 Å². The molecule has 2 rings (SSSR count). The summed E-state index contributed by atoms with van der Waals surface area (Å²) in [6, 6.07) is 6.58. The fourth-order valence-electron chi connectivity index (χ4n) is 3.20. The topological polar surface area (TPSA) is 41.9 Å². The summed E-state index contributed by atoms with van der Waals surface area (Å²) in [4.78, 5) is 2.31. The number of ether oxygens (including phenoxy) is 2. The summed E-state index contributed by atoms with van der Waals surface area (Å²) in [5, 5.41) is 10.3. The highest BCUT2D eigenvalue weighted by atomic mass is 16.5. The number of aliphatic hydroxyl groups excluding tert-OH is 1. The summed E-state index contributed by atoms with van der Waals surface area (Å²) >= 11 is 0. The van der Waals surface area contributed by atoms with Crippen molar-refractivity contribution in [1.29, 1.82) is 0 Å². The maximum Gasteiger partial charge on any atom is 0.0900 e. The van der Waals surface area contributed by atoms with E-state index in [0.29, 0.717) is 13.2 Å². The van der Waals surface area contributed by atoms with E-state index in [-0.39, 0.29) is 12.2 Å². The first kappa shape index (κ1) is 19.4. The second-order valence-corrected chi connectivity index (χ2v) is 7.29. The Morgan fingerprint density at radius 2 is 2.12 bits per heavy atom. The molecule has 1 aromatic rings. The minimum atomic E-state index is -0.473. The predicted molar refractivity (Wildman–Crippen MR) is 97.3 cm³/mol. The molecule has 0 radical (unpaired) electrons. The van der Waals surface area contributed by atoms with Gasteiger partial charge in [0.2, 0.25) is 0 Å². The van der Waals surface area contributed by atoms with Gasteiger partial charge in [-0.1, -0.05) is 23.8 Å². The lowest BCUT2D eigenvalue weighted by Crippen LogP contribution is -2.39. The Morgan fingerprint density at radius 1 is 1.33 bits per heavy atom. The number of benzene rings is 1. The summed E-state index contributed by atoms with van der Waals surface area (Å²) in [6.07, 6.45) is 2.21. The van der Waals surface area contributed by atoms with Crippen LogP contribution in [0.1, 0.15) is 43.4 Å². The van der Waals surface area contributed by atoms with Gasteiger partial charge in [0.15, 0.2) is 0 Å². The SMILES string of the molecule is Cc1ccc(CN(C[C@@H](O)COC(C)C)C[C@@H]2CCCO2)c(C)c1. The highest BCUT2D eigenvalue weighted by Gasteiger charge is 2.21. The molecule has 1 fully saturated rings. The Morgan fingerprint density at radius 3 is 2.75 bits per heavy atom. The van der Waals surface area contributed by atoms with Gasteiger partial charge in [-0.2, -0.15) is 0 Å². The summed E-state index contributed by atoms with van der Waals surface area (Å²) < 4.78 is 11.4. The first-order valence-corrected chi connectivity index (χ1v) is 9.13. The van der Waals surface area contributed by atoms with Crippen LogP contribution in [0, 0.1) is 13.8 Å². The predicted octanol–water partition coefficient (Wildman–Crippen LogP) is 3.07. The third-order valence-electron chi connectivity index (χ3n) is 4.47. The Balaban J connectivity index is 1.98. The lowest BCUT2D eigenvalue weighted by Gasteiger charge is -2.28. The monoisotopic (exact) mass is 335 g/mol. The van der Waals surface area contributed by atoms with Crippen molar-refractivity contribution in [3.63, 3.8) is 0 Å². The number of hydrogen-bond donors (Lipinski definition) is 1. The quantitative estimate of drug-likeness (QED) is 0.753. The van der Waals surface area contributed by atoms with Gasteiger partial charge in [-0.3, -0.25) is 4.90 Å². The number of aliphatic hydroxyl groups is 1. The Bertz CT molecular complexity index is 498. The van der Waals surface area contributed by atoms with Crippen molar-refractivity contribution in [2.24, 2.45) is 0 Å². The van der Waals surface area contributed by atoms with E-state index in [1.165, 1.54) is 16.7 Å². The molecule has 1 aliphatic heterocycles. The van der Waals surface area contributed by atoms with Crippen LogP contribution in [-0.2, 0) is 16.0 Å². The van der Waals surface area contributed by atoms with Gasteiger partial charge in [0.05, 0.1) is 24.9 Å². The lowest BCUT2D eigenvalue weighted by atomic mass is 10.0. The molecule has 1 saturated heterocycles. The number of hydrogen-bond acceptors (Lipinski definition) is 4. The average Bonchev–Trinajstić information content (AvgIpc) is 3.01. The van der Waals surface area contributed by atoms with Crippen molar-refractivity contribution in [1.82, 2.24) is 4.90 Å². The van der Waals surface area contributed by atoms with Crippen LogP contribution in [0.4, 0.5) is 0 Å². The Labute approximate surface area is 146 Å². The molecule has 0 spiro atoms. The van der Waals surface area contributed by atoms with Crippen LogP contribution < -0.4 is 0 Å². The molecule has 1 heterocycles. The fourth-order valence-corrected chi connectivity index (χ4v) is 3.20. The van der Waals surface area contributed by atoms with Crippen LogP contribution in [-0.4, -0.2) is 54.6 Å². The molecule has 0 saturated carbocycles. The number of rotatable bonds is 9. The summed E-state index contributed by atoms with van der Waals surface area (Å²) in [5.41, 5.74) is 3.91. The smallest absolute Gasteiger partial charge is 0.0900 e. The van der Waals surface area contributed by atoms with E-state index < -0.39 is 6.10 Å². The molecule has 2 atom stereocenters. The fraction of sp³-hybridized carbons (Fsp3) is 0.700. The maximum absolute atomic E-state index is 10.3. The zero-order chi connectivity index (χ0) is 17.5. The van der Waals surface area contributed by atoms with Crippen molar-refractivity contribution in [2.75, 3.05) is 26.3 Å². The molecule has 136 valence electrons. The first-order chi connectivity index (χ1) is 11.4. The normalized spacial score (nSPS) is 19.4. The Kier molecular flexibility index (Phi) is 7.69. The minimum Gasteiger partial charge on any atom is -0.389 e. The molecule has 0 amide bonds. The van der Waals surface area contributed by atoms with Crippen LogP contribution in [0.5, 0.6) is 0 Å². The third kappa shape index (κ3) is 6.52. The molecule has 4 heteroatoms. The van der Waals surface area contributed by atoms with Gasteiger partial charge < -0.3 is 14.6 Å². The van der Waals surface area contributed by atoms with E-state index in [1.807, 2.05) is 13.8 Å². The van der Waals surface area contributed by atoms with Crippen molar-refractivity contribution in [2.45, 2.75) is 65.4 Å². The molecule has 1 aliphatic rings. The van der Waals surface area contributed by atoms with Crippen molar-refractivity contribution in [3.8, 4) is 0 Å². The van der Waals surface area contributed by atoms with Gasteiger partial charge in [0.1, 0.15) is 0 Å². The highest BCUT2D eigenvalue weighted by molar-refractivity contribution is 5.30. The zero-order valence-corrected chi connectivity index (χ0v) is 15.6. The van der Waals surface area contributed by atoms with Crippen LogP contribution in [0.2, 0.25) is 0 Å². The average molecular weight is 335 g/mol. The van der Waals surface area contributed by atoms with E-state index in [4.69, 9.17) is 9.47 Å². The molecule has 0 unspecified atom stereocenters. The second-order valence-electron chi connectivity index (χ2n) is 7.29. The van der Waals surface area contributed by atoms with Crippen LogP contribution in [0.25, 0.3) is 0 Å². The number of nitrogens with zero attached hydrogens (tertiary/aromatic N) is 1. The van der Waals surface area contributed by atoms with E-state index >= 15 is 0 Å². The molecule has 0 bridgehead atoms. The van der Waals surface area contributed by atoms with Gasteiger partial charge in [-0.25, -0.2) is 0 Å². The minimum absolute atomic E-state index is 0.144. The van der Waals surface area contributed by atoms with Crippen LogP contribution in [0.15, 0.2) is 18.2 Å². The van der Waals surface area contributed by atoms with E-state index in [0.717, 1.165) is 32.5 Å². The largest absolute Gasteiger partial charge is 0.389 e. The molecule has 0 aliphatic carbocycles. The number of aryl methyl sites for hydroxylation is 2. The van der Waals surface area contributed by atoms with E-state index in [1.54, 1.807) is 0 Å². The molecule has 0 aromatic heterocycles. The first-order valence-electron chi connectivity index (χ1n) is 9.13.